The molecule has 0 saturated heterocycles. The van der Waals surface area contributed by atoms with Crippen LogP contribution in [0.3, 0.4) is 0 Å². The van der Waals surface area contributed by atoms with Crippen molar-refractivity contribution in [2.75, 3.05) is 31.3 Å². The van der Waals surface area contributed by atoms with Crippen molar-refractivity contribution in [3.8, 4) is 11.3 Å². The molecule has 2 unspecified atom stereocenters. The van der Waals surface area contributed by atoms with Crippen LogP contribution in [0.2, 0.25) is 0 Å². The molecule has 2 atom stereocenters. The van der Waals surface area contributed by atoms with Crippen molar-refractivity contribution in [2.45, 2.75) is 44.5 Å². The number of pyridine rings is 1. The number of ether oxygens (including phenoxy) is 1. The first kappa shape index (κ1) is 24.3. The van der Waals surface area contributed by atoms with E-state index in [9.17, 15) is 8.60 Å². The standard InChI is InChI=1S/C23H32FN5O2S/c1-23(2,3)32(30)15-17-14-29-18(13-27-22(29)8-5-7-19(17)31-4)16-11-20(24)28-21(12-16)26-10-6-9-25/h5,7,11-14,19H,6,8-10,15,25H2,1-4H3,(H,26,28)/b7-5?,17-14-. The van der Waals surface area contributed by atoms with Gasteiger partial charge in [0.15, 0.2) is 0 Å². The number of anilines is 1. The van der Waals surface area contributed by atoms with Gasteiger partial charge in [0.2, 0.25) is 5.95 Å². The molecule has 0 aliphatic carbocycles. The Labute approximate surface area is 191 Å². The van der Waals surface area contributed by atoms with Crippen LogP contribution in [0.15, 0.2) is 36.1 Å². The summed E-state index contributed by atoms with van der Waals surface area (Å²) in [6.45, 7) is 7.02. The van der Waals surface area contributed by atoms with Gasteiger partial charge in [-0.15, -0.1) is 0 Å². The summed E-state index contributed by atoms with van der Waals surface area (Å²) in [6.07, 6.45) is 8.68. The summed E-state index contributed by atoms with van der Waals surface area (Å²) in [4.78, 5) is 8.49. The number of halogens is 1. The monoisotopic (exact) mass is 461 g/mol. The van der Waals surface area contributed by atoms with E-state index in [1.807, 2.05) is 43.7 Å². The molecule has 0 spiro atoms. The van der Waals surface area contributed by atoms with Gasteiger partial charge in [0.05, 0.1) is 18.0 Å². The van der Waals surface area contributed by atoms with Crippen LogP contribution in [-0.4, -0.2) is 55.5 Å². The van der Waals surface area contributed by atoms with Gasteiger partial charge < -0.3 is 20.4 Å². The Morgan fingerprint density at radius 1 is 1.38 bits per heavy atom. The van der Waals surface area contributed by atoms with Crippen LogP contribution in [-0.2, 0) is 22.0 Å². The lowest BCUT2D eigenvalue weighted by Crippen LogP contribution is -2.28. The highest BCUT2D eigenvalue weighted by molar-refractivity contribution is 7.86. The maximum atomic E-state index is 14.3. The molecule has 0 saturated carbocycles. The number of imidazole rings is 1. The first-order valence-electron chi connectivity index (χ1n) is 10.7. The number of nitrogens with one attached hydrogen (secondary N) is 1. The van der Waals surface area contributed by atoms with Crippen molar-refractivity contribution >= 4 is 22.8 Å². The molecule has 0 aromatic carbocycles. The zero-order valence-corrected chi connectivity index (χ0v) is 19.9. The number of methoxy groups -OCH3 is 1. The second-order valence-corrected chi connectivity index (χ2v) is 10.9. The molecule has 0 amide bonds. The molecule has 0 fully saturated rings. The van der Waals surface area contributed by atoms with Gasteiger partial charge in [-0.2, -0.15) is 4.39 Å². The number of fused-ring (bicyclic) bond motifs is 1. The Morgan fingerprint density at radius 3 is 2.84 bits per heavy atom. The summed E-state index contributed by atoms with van der Waals surface area (Å²) in [5.74, 6) is 1.04. The number of rotatable bonds is 8. The SMILES string of the molecule is COC1C=CCc2ncc(-c3cc(F)nc(NCCCN)c3)n2/C=C\1CS(=O)C(C)(C)C. The van der Waals surface area contributed by atoms with Gasteiger partial charge in [0.25, 0.3) is 0 Å². The van der Waals surface area contributed by atoms with E-state index in [0.717, 1.165) is 23.5 Å². The zero-order valence-electron chi connectivity index (χ0n) is 19.1. The molecule has 3 rings (SSSR count). The first-order valence-corrected chi connectivity index (χ1v) is 12.0. The summed E-state index contributed by atoms with van der Waals surface area (Å²) in [5.41, 5.74) is 7.79. The largest absolute Gasteiger partial charge is 0.373 e. The quantitative estimate of drug-likeness (QED) is 0.356. The number of nitrogens with zero attached hydrogens (tertiary/aromatic N) is 3. The van der Waals surface area contributed by atoms with E-state index in [1.54, 1.807) is 19.4 Å². The Hall–Kier alpha value is -2.36. The minimum absolute atomic E-state index is 0.299. The van der Waals surface area contributed by atoms with E-state index in [2.05, 4.69) is 15.3 Å². The van der Waals surface area contributed by atoms with Crippen molar-refractivity contribution in [1.29, 1.82) is 0 Å². The van der Waals surface area contributed by atoms with Gasteiger partial charge in [-0.1, -0.05) is 12.2 Å². The van der Waals surface area contributed by atoms with E-state index in [1.165, 1.54) is 6.07 Å². The van der Waals surface area contributed by atoms with E-state index in [4.69, 9.17) is 10.5 Å². The number of hydrogen-bond donors (Lipinski definition) is 2. The second kappa shape index (κ2) is 10.5. The second-order valence-electron chi connectivity index (χ2n) is 8.66. The fourth-order valence-corrected chi connectivity index (χ4v) is 4.31. The highest BCUT2D eigenvalue weighted by Gasteiger charge is 2.25. The minimum atomic E-state index is -1.10. The molecule has 1 aliphatic rings. The predicted molar refractivity (Wildman–Crippen MR) is 128 cm³/mol. The smallest absolute Gasteiger partial charge is 0.215 e. The van der Waals surface area contributed by atoms with Crippen molar-refractivity contribution in [3.63, 3.8) is 0 Å². The average molecular weight is 462 g/mol. The van der Waals surface area contributed by atoms with Gasteiger partial charge in [0, 0.05) is 59.2 Å². The van der Waals surface area contributed by atoms with Crippen LogP contribution in [0, 0.1) is 5.95 Å². The van der Waals surface area contributed by atoms with Gasteiger partial charge >= 0.3 is 0 Å². The number of hydrogen-bond acceptors (Lipinski definition) is 6. The maximum absolute atomic E-state index is 14.3. The molecule has 2 aromatic rings. The molecule has 1 aliphatic heterocycles. The number of nitrogens with two attached hydrogens (primary N) is 1. The normalized spacial score (nSPS) is 18.9. The molecular formula is C23H32FN5O2S. The molecule has 7 nitrogen and oxygen atoms in total. The lowest BCUT2D eigenvalue weighted by molar-refractivity contribution is 0.169. The third kappa shape index (κ3) is 5.90. The van der Waals surface area contributed by atoms with Gasteiger partial charge in [-0.3, -0.25) is 4.21 Å². The molecular weight excluding hydrogens is 429 g/mol. The predicted octanol–water partition coefficient (Wildman–Crippen LogP) is 3.36. The van der Waals surface area contributed by atoms with Crippen LogP contribution in [0.1, 0.15) is 33.0 Å². The summed E-state index contributed by atoms with van der Waals surface area (Å²) in [7, 11) is 0.532. The lowest BCUT2D eigenvalue weighted by Gasteiger charge is -2.23. The van der Waals surface area contributed by atoms with E-state index in [-0.39, 0.29) is 10.9 Å². The van der Waals surface area contributed by atoms with Crippen molar-refractivity contribution in [2.24, 2.45) is 5.73 Å². The molecule has 0 bridgehead atoms. The van der Waals surface area contributed by atoms with E-state index >= 15 is 0 Å². The van der Waals surface area contributed by atoms with Crippen molar-refractivity contribution in [3.05, 3.63) is 47.8 Å². The van der Waals surface area contributed by atoms with Gasteiger partial charge in [-0.25, -0.2) is 9.97 Å². The van der Waals surface area contributed by atoms with E-state index < -0.39 is 16.7 Å². The number of allylic oxidation sites excluding steroid dienone is 1. The summed E-state index contributed by atoms with van der Waals surface area (Å²) in [5, 5.41) is 3.11. The Kier molecular flexibility index (Phi) is 7.97. The number of aromatic nitrogens is 3. The van der Waals surface area contributed by atoms with Crippen LogP contribution < -0.4 is 11.1 Å². The molecule has 32 heavy (non-hydrogen) atoms. The summed E-state index contributed by atoms with van der Waals surface area (Å²) >= 11 is 0. The topological polar surface area (TPSA) is 95.1 Å². The zero-order chi connectivity index (χ0) is 23.3. The fraction of sp³-hybridized carbons (Fsp3) is 0.478. The first-order chi connectivity index (χ1) is 15.2. The Bertz CT molecular complexity index is 1030. The van der Waals surface area contributed by atoms with Crippen LogP contribution in [0.5, 0.6) is 0 Å². The average Bonchev–Trinajstić information content (AvgIpc) is 3.10. The van der Waals surface area contributed by atoms with Crippen LogP contribution in [0.4, 0.5) is 10.2 Å². The molecule has 174 valence electrons. The molecule has 2 aromatic heterocycles. The van der Waals surface area contributed by atoms with Gasteiger partial charge in [0.1, 0.15) is 11.6 Å². The molecule has 3 heterocycles. The van der Waals surface area contributed by atoms with Crippen molar-refractivity contribution in [1.82, 2.24) is 14.5 Å². The summed E-state index contributed by atoms with van der Waals surface area (Å²) in [6, 6.07) is 3.19. The van der Waals surface area contributed by atoms with Gasteiger partial charge in [-0.05, 0) is 45.4 Å². The molecule has 0 radical (unpaired) electrons. The van der Waals surface area contributed by atoms with Crippen LogP contribution >= 0.6 is 0 Å². The fourth-order valence-electron chi connectivity index (χ4n) is 3.34. The Morgan fingerprint density at radius 2 is 2.16 bits per heavy atom. The van der Waals surface area contributed by atoms with Crippen molar-refractivity contribution < 1.29 is 13.3 Å². The van der Waals surface area contributed by atoms with E-state index in [0.29, 0.717) is 36.6 Å². The summed E-state index contributed by atoms with van der Waals surface area (Å²) < 4.78 is 34.5. The third-order valence-electron chi connectivity index (χ3n) is 5.16. The lowest BCUT2D eigenvalue weighted by atomic mass is 10.1. The molecule has 9 heteroatoms. The minimum Gasteiger partial charge on any atom is -0.373 e. The Balaban J connectivity index is 2.04. The molecule has 3 N–H and O–H groups in total. The highest BCUT2D eigenvalue weighted by Crippen LogP contribution is 2.28. The highest BCUT2D eigenvalue weighted by atomic mass is 32.2. The third-order valence-corrected chi connectivity index (χ3v) is 7.12. The maximum Gasteiger partial charge on any atom is 0.215 e. The van der Waals surface area contributed by atoms with Crippen LogP contribution in [0.25, 0.3) is 17.5 Å².